The molecular formula is C17H22N4O2. The summed E-state index contributed by atoms with van der Waals surface area (Å²) in [5, 5.41) is 5.74. The van der Waals surface area contributed by atoms with Crippen molar-refractivity contribution in [2.75, 3.05) is 6.54 Å². The summed E-state index contributed by atoms with van der Waals surface area (Å²) in [6.45, 7) is 4.49. The Balaban J connectivity index is 1.71. The molecule has 0 fully saturated rings. The van der Waals surface area contributed by atoms with Gasteiger partial charge in [-0.2, -0.15) is 0 Å². The molecule has 0 spiro atoms. The number of carbonyl (C=O) groups excluding carboxylic acids is 1. The van der Waals surface area contributed by atoms with Crippen LogP contribution in [0.1, 0.15) is 36.2 Å². The summed E-state index contributed by atoms with van der Waals surface area (Å²) in [4.78, 5) is 28.1. The van der Waals surface area contributed by atoms with Crippen molar-refractivity contribution in [2.45, 2.75) is 39.5 Å². The molecule has 2 aromatic heterocycles. The van der Waals surface area contributed by atoms with Gasteiger partial charge in [0.2, 0.25) is 5.91 Å². The fourth-order valence-electron chi connectivity index (χ4n) is 3.13. The predicted octanol–water partition coefficient (Wildman–Crippen LogP) is 1.65. The standard InChI is InChI=1S/C17H22N4O2/c1-11-14(12(2)21-15(19-11)9-17(23)20-21)8-16(22)18-10-13-6-4-3-5-7-13/h3-4,9,13H,5-8,10H2,1-2H3,(H,18,22)(H,20,23). The maximum Gasteiger partial charge on any atom is 0.266 e. The zero-order valence-electron chi connectivity index (χ0n) is 13.6. The Bertz CT molecular complexity index is 816. The monoisotopic (exact) mass is 314 g/mol. The molecular weight excluding hydrogens is 292 g/mol. The van der Waals surface area contributed by atoms with E-state index >= 15 is 0 Å². The van der Waals surface area contributed by atoms with Gasteiger partial charge in [-0.25, -0.2) is 9.50 Å². The molecule has 0 bridgehead atoms. The van der Waals surface area contributed by atoms with E-state index in [4.69, 9.17) is 0 Å². The van der Waals surface area contributed by atoms with E-state index in [0.717, 1.165) is 42.8 Å². The van der Waals surface area contributed by atoms with Crippen molar-refractivity contribution < 1.29 is 4.79 Å². The number of nitrogens with one attached hydrogen (secondary N) is 2. The van der Waals surface area contributed by atoms with E-state index < -0.39 is 0 Å². The summed E-state index contributed by atoms with van der Waals surface area (Å²) in [5.41, 5.74) is 2.91. The number of rotatable bonds is 4. The molecule has 1 unspecified atom stereocenters. The molecule has 6 heteroatoms. The Kier molecular flexibility index (Phi) is 4.32. The van der Waals surface area contributed by atoms with Crippen LogP contribution in [0.2, 0.25) is 0 Å². The Morgan fingerprint density at radius 1 is 1.43 bits per heavy atom. The number of hydrogen-bond donors (Lipinski definition) is 2. The molecule has 1 aliphatic rings. The average Bonchev–Trinajstić information content (AvgIpc) is 2.91. The number of aromatic nitrogens is 3. The third kappa shape index (κ3) is 3.36. The summed E-state index contributed by atoms with van der Waals surface area (Å²) in [6, 6.07) is 1.46. The predicted molar refractivity (Wildman–Crippen MR) is 88.5 cm³/mol. The number of H-pyrrole nitrogens is 1. The van der Waals surface area contributed by atoms with Crippen LogP contribution in [0, 0.1) is 19.8 Å². The second kappa shape index (κ2) is 6.40. The molecule has 0 saturated carbocycles. The molecule has 1 amide bonds. The number of hydrogen-bond acceptors (Lipinski definition) is 3. The summed E-state index contributed by atoms with van der Waals surface area (Å²) in [5.74, 6) is 0.536. The number of fused-ring (bicyclic) bond motifs is 1. The Morgan fingerprint density at radius 2 is 2.26 bits per heavy atom. The first kappa shape index (κ1) is 15.5. The van der Waals surface area contributed by atoms with Crippen molar-refractivity contribution in [1.29, 1.82) is 0 Å². The number of carbonyl (C=O) groups is 1. The minimum atomic E-state index is -0.188. The number of amides is 1. The van der Waals surface area contributed by atoms with Gasteiger partial charge in [-0.15, -0.1) is 0 Å². The fraction of sp³-hybridized carbons (Fsp3) is 0.471. The van der Waals surface area contributed by atoms with Crippen molar-refractivity contribution in [3.8, 4) is 0 Å². The fourth-order valence-corrected chi connectivity index (χ4v) is 3.13. The van der Waals surface area contributed by atoms with Crippen LogP contribution < -0.4 is 10.9 Å². The lowest BCUT2D eigenvalue weighted by Crippen LogP contribution is -2.31. The lowest BCUT2D eigenvalue weighted by atomic mass is 9.94. The first-order valence-corrected chi connectivity index (χ1v) is 8.04. The summed E-state index contributed by atoms with van der Waals surface area (Å²) in [7, 11) is 0. The van der Waals surface area contributed by atoms with Crippen LogP contribution in [-0.2, 0) is 11.2 Å². The van der Waals surface area contributed by atoms with Gasteiger partial charge >= 0.3 is 0 Å². The second-order valence-electron chi connectivity index (χ2n) is 6.21. The van der Waals surface area contributed by atoms with Gasteiger partial charge < -0.3 is 5.32 Å². The SMILES string of the molecule is Cc1nc2cc(=O)[nH]n2c(C)c1CC(=O)NCC1CC=CCC1. The van der Waals surface area contributed by atoms with Crippen molar-refractivity contribution in [2.24, 2.45) is 5.92 Å². The zero-order valence-corrected chi connectivity index (χ0v) is 13.6. The van der Waals surface area contributed by atoms with E-state index in [0.29, 0.717) is 11.6 Å². The van der Waals surface area contributed by atoms with Crippen LogP contribution in [0.25, 0.3) is 5.65 Å². The molecule has 0 radical (unpaired) electrons. The highest BCUT2D eigenvalue weighted by Crippen LogP contribution is 2.17. The Labute approximate surface area is 134 Å². The number of allylic oxidation sites excluding steroid dienone is 2. The molecule has 3 rings (SSSR count). The minimum absolute atomic E-state index is 0.00130. The van der Waals surface area contributed by atoms with Gasteiger partial charge in [0.05, 0.1) is 6.42 Å². The topological polar surface area (TPSA) is 79.3 Å². The number of nitrogens with zero attached hydrogens (tertiary/aromatic N) is 2. The quantitative estimate of drug-likeness (QED) is 0.842. The molecule has 1 atom stereocenters. The largest absolute Gasteiger partial charge is 0.356 e. The Hall–Kier alpha value is -2.37. The normalized spacial score (nSPS) is 17.6. The van der Waals surface area contributed by atoms with Gasteiger partial charge in [0, 0.05) is 29.6 Å². The van der Waals surface area contributed by atoms with E-state index in [1.165, 1.54) is 6.07 Å². The summed E-state index contributed by atoms with van der Waals surface area (Å²) < 4.78 is 1.64. The van der Waals surface area contributed by atoms with Gasteiger partial charge in [0.1, 0.15) is 0 Å². The maximum atomic E-state index is 12.3. The molecule has 2 N–H and O–H groups in total. The van der Waals surface area contributed by atoms with E-state index in [9.17, 15) is 9.59 Å². The van der Waals surface area contributed by atoms with E-state index in [1.54, 1.807) is 4.52 Å². The third-order valence-corrected chi connectivity index (χ3v) is 4.51. The highest BCUT2D eigenvalue weighted by molar-refractivity contribution is 5.79. The van der Waals surface area contributed by atoms with Gasteiger partial charge in [-0.3, -0.25) is 14.7 Å². The van der Waals surface area contributed by atoms with Crippen LogP contribution in [0.3, 0.4) is 0 Å². The molecule has 23 heavy (non-hydrogen) atoms. The lowest BCUT2D eigenvalue weighted by molar-refractivity contribution is -0.120. The minimum Gasteiger partial charge on any atom is -0.356 e. The molecule has 0 aliphatic heterocycles. The van der Waals surface area contributed by atoms with E-state index in [2.05, 4.69) is 27.6 Å². The smallest absolute Gasteiger partial charge is 0.266 e. The zero-order chi connectivity index (χ0) is 16.4. The summed E-state index contributed by atoms with van der Waals surface area (Å²) in [6.07, 6.45) is 7.94. The number of aromatic amines is 1. The Morgan fingerprint density at radius 3 is 3.00 bits per heavy atom. The van der Waals surface area contributed by atoms with Gasteiger partial charge in [-0.1, -0.05) is 12.2 Å². The first-order valence-electron chi connectivity index (χ1n) is 8.04. The highest BCUT2D eigenvalue weighted by atomic mass is 16.1. The average molecular weight is 314 g/mol. The molecule has 1 aliphatic carbocycles. The van der Waals surface area contributed by atoms with Crippen molar-refractivity contribution in [3.05, 3.63) is 45.5 Å². The first-order chi connectivity index (χ1) is 11.0. The van der Waals surface area contributed by atoms with Gasteiger partial charge in [0.25, 0.3) is 5.56 Å². The number of aryl methyl sites for hydroxylation is 2. The van der Waals surface area contributed by atoms with E-state index in [1.807, 2.05) is 13.8 Å². The summed E-state index contributed by atoms with van der Waals surface area (Å²) >= 11 is 0. The third-order valence-electron chi connectivity index (χ3n) is 4.51. The van der Waals surface area contributed by atoms with E-state index in [-0.39, 0.29) is 17.9 Å². The maximum absolute atomic E-state index is 12.3. The molecule has 6 nitrogen and oxygen atoms in total. The van der Waals surface area contributed by atoms with Crippen molar-refractivity contribution in [1.82, 2.24) is 19.9 Å². The van der Waals surface area contributed by atoms with Crippen LogP contribution in [0.15, 0.2) is 23.0 Å². The molecule has 2 heterocycles. The molecule has 2 aromatic rings. The molecule has 122 valence electrons. The van der Waals surface area contributed by atoms with Crippen LogP contribution in [0.4, 0.5) is 0 Å². The van der Waals surface area contributed by atoms with Crippen molar-refractivity contribution >= 4 is 11.6 Å². The second-order valence-corrected chi connectivity index (χ2v) is 6.21. The van der Waals surface area contributed by atoms with Gasteiger partial charge in [-0.05, 0) is 39.0 Å². The van der Waals surface area contributed by atoms with Crippen molar-refractivity contribution in [3.63, 3.8) is 0 Å². The van der Waals surface area contributed by atoms with Crippen LogP contribution >= 0.6 is 0 Å². The molecule has 0 saturated heterocycles. The van der Waals surface area contributed by atoms with Gasteiger partial charge in [0.15, 0.2) is 5.65 Å². The van der Waals surface area contributed by atoms with Crippen LogP contribution in [-0.4, -0.2) is 27.0 Å². The lowest BCUT2D eigenvalue weighted by Gasteiger charge is -2.18. The highest BCUT2D eigenvalue weighted by Gasteiger charge is 2.16. The van der Waals surface area contributed by atoms with Crippen LogP contribution in [0.5, 0.6) is 0 Å². The molecule has 0 aromatic carbocycles.